The van der Waals surface area contributed by atoms with Gasteiger partial charge in [0, 0.05) is 6.07 Å². The molecule has 0 N–H and O–H groups in total. The lowest BCUT2D eigenvalue weighted by atomic mass is 10.2. The monoisotopic (exact) mass is 466 g/mol. The molecule has 0 radical (unpaired) electrons. The first-order valence-electron chi connectivity index (χ1n) is 8.69. The van der Waals surface area contributed by atoms with Crippen LogP contribution in [-0.4, -0.2) is 38.3 Å². The van der Waals surface area contributed by atoms with E-state index in [2.05, 4.69) is 9.72 Å². The lowest BCUT2D eigenvalue weighted by molar-refractivity contribution is -0.581. The molecule has 0 aliphatic carbocycles. The molecule has 2 aromatic carbocycles. The summed E-state index contributed by atoms with van der Waals surface area (Å²) in [6.07, 6.45) is 0. The van der Waals surface area contributed by atoms with E-state index in [4.69, 9.17) is 37.4 Å². The average molecular weight is 467 g/mol. The Kier molecular flexibility index (Phi) is 6.67. The van der Waals surface area contributed by atoms with Gasteiger partial charge in [0.1, 0.15) is 12.1 Å². The van der Waals surface area contributed by atoms with E-state index in [1.807, 2.05) is 0 Å². The largest absolute Gasteiger partial charge is 0.618 e. The lowest BCUT2D eigenvalue weighted by Crippen LogP contribution is -2.38. The van der Waals surface area contributed by atoms with Crippen LogP contribution in [0.4, 0.5) is 0 Å². The van der Waals surface area contributed by atoms with Gasteiger partial charge in [0.05, 0.1) is 36.9 Å². The molecule has 162 valence electrons. The number of nitrogens with zero attached hydrogens (tertiary/aromatic N) is 2. The molecule has 0 aliphatic heterocycles. The van der Waals surface area contributed by atoms with Gasteiger partial charge in [0.15, 0.2) is 17.2 Å². The second-order valence-corrected chi connectivity index (χ2v) is 6.91. The molecular formula is C20H16Cl2N2O7. The molecule has 0 saturated heterocycles. The third-order valence-electron chi connectivity index (χ3n) is 4.31. The van der Waals surface area contributed by atoms with Gasteiger partial charge in [0.2, 0.25) is 5.52 Å². The number of carbonyl (C=O) groups excluding carboxylic acids is 2. The van der Waals surface area contributed by atoms with Gasteiger partial charge in [-0.25, -0.2) is 14.6 Å². The summed E-state index contributed by atoms with van der Waals surface area (Å²) in [5.74, 6) is -0.913. The third-order valence-corrected chi connectivity index (χ3v) is 5.03. The van der Waals surface area contributed by atoms with Crippen LogP contribution in [-0.2, 0) is 16.1 Å². The third kappa shape index (κ3) is 4.42. The lowest BCUT2D eigenvalue weighted by Gasteiger charge is -2.12. The molecule has 3 rings (SSSR count). The Labute approximate surface area is 186 Å². The van der Waals surface area contributed by atoms with Crippen LogP contribution < -0.4 is 14.2 Å². The average Bonchev–Trinajstić information content (AvgIpc) is 2.77. The number of hydrogen-bond donors (Lipinski definition) is 0. The summed E-state index contributed by atoms with van der Waals surface area (Å²) >= 11 is 12.0. The van der Waals surface area contributed by atoms with Crippen LogP contribution in [0.2, 0.25) is 10.0 Å². The van der Waals surface area contributed by atoms with Crippen molar-refractivity contribution in [2.24, 2.45) is 0 Å². The molecular weight excluding hydrogens is 451 g/mol. The number of aromatic nitrogens is 2. The Morgan fingerprint density at radius 1 is 1.00 bits per heavy atom. The molecule has 0 aliphatic rings. The fourth-order valence-corrected chi connectivity index (χ4v) is 3.11. The van der Waals surface area contributed by atoms with Crippen LogP contribution in [0.3, 0.4) is 0 Å². The summed E-state index contributed by atoms with van der Waals surface area (Å²) in [5.41, 5.74) is -0.211. The maximum atomic E-state index is 12.8. The standard InChI is InChI=1S/C20H16Cl2N2O7/c1-28-16-5-4-10(6-17(16)29-2)19(25)31-9-14-18(20(26)30-3)24(27)15-8-12(22)11(21)7-13(15)23-14/h4-8H,9H2,1-3H3. The Morgan fingerprint density at radius 2 is 1.68 bits per heavy atom. The smallest absolute Gasteiger partial charge is 0.406 e. The minimum atomic E-state index is -0.951. The normalized spacial score (nSPS) is 10.6. The molecule has 31 heavy (non-hydrogen) atoms. The molecule has 0 atom stereocenters. The number of fused-ring (bicyclic) bond motifs is 1. The minimum Gasteiger partial charge on any atom is -0.618 e. The number of esters is 2. The first kappa shape index (κ1) is 22.4. The van der Waals surface area contributed by atoms with Crippen molar-refractivity contribution in [3.63, 3.8) is 0 Å². The van der Waals surface area contributed by atoms with E-state index in [-0.39, 0.29) is 32.3 Å². The van der Waals surface area contributed by atoms with Crippen LogP contribution in [0.15, 0.2) is 30.3 Å². The summed E-state index contributed by atoms with van der Waals surface area (Å²) in [6, 6.07) is 7.11. The van der Waals surface area contributed by atoms with E-state index in [9.17, 15) is 14.8 Å². The van der Waals surface area contributed by atoms with E-state index in [0.717, 1.165) is 7.11 Å². The fourth-order valence-electron chi connectivity index (χ4n) is 2.79. The maximum absolute atomic E-state index is 12.8. The van der Waals surface area contributed by atoms with Crippen molar-refractivity contribution in [2.45, 2.75) is 6.61 Å². The summed E-state index contributed by atoms with van der Waals surface area (Å²) in [7, 11) is 4.01. The van der Waals surface area contributed by atoms with Crippen molar-refractivity contribution < 1.29 is 33.3 Å². The number of ether oxygens (including phenoxy) is 4. The zero-order valence-corrected chi connectivity index (χ0v) is 18.1. The molecule has 0 spiro atoms. The molecule has 0 amide bonds. The molecule has 9 nitrogen and oxygen atoms in total. The maximum Gasteiger partial charge on any atom is 0.406 e. The summed E-state index contributed by atoms with van der Waals surface area (Å²) < 4.78 is 20.6. The first-order chi connectivity index (χ1) is 14.8. The summed E-state index contributed by atoms with van der Waals surface area (Å²) in [4.78, 5) is 29.0. The second-order valence-electron chi connectivity index (χ2n) is 6.09. The van der Waals surface area contributed by atoms with Crippen molar-refractivity contribution >= 4 is 46.2 Å². The molecule has 0 unspecified atom stereocenters. The highest BCUT2D eigenvalue weighted by molar-refractivity contribution is 6.42. The van der Waals surface area contributed by atoms with Crippen molar-refractivity contribution in [1.82, 2.24) is 4.98 Å². The summed E-state index contributed by atoms with van der Waals surface area (Å²) in [5, 5.41) is 13.1. The van der Waals surface area contributed by atoms with E-state index >= 15 is 0 Å². The number of carbonyl (C=O) groups is 2. The highest BCUT2D eigenvalue weighted by Gasteiger charge is 2.28. The van der Waals surface area contributed by atoms with Crippen molar-refractivity contribution in [2.75, 3.05) is 21.3 Å². The van der Waals surface area contributed by atoms with Gasteiger partial charge in [0.25, 0.3) is 0 Å². The number of hydrogen-bond acceptors (Lipinski definition) is 8. The quantitative estimate of drug-likeness (QED) is 0.309. The van der Waals surface area contributed by atoms with Crippen molar-refractivity contribution in [3.8, 4) is 11.5 Å². The highest BCUT2D eigenvalue weighted by atomic mass is 35.5. The summed E-state index contributed by atoms with van der Waals surface area (Å²) in [6.45, 7) is -0.476. The van der Waals surface area contributed by atoms with Crippen LogP contribution in [0.25, 0.3) is 11.0 Å². The van der Waals surface area contributed by atoms with Crippen LogP contribution in [0, 0.1) is 5.21 Å². The predicted molar refractivity (Wildman–Crippen MR) is 111 cm³/mol. The van der Waals surface area contributed by atoms with Gasteiger partial charge < -0.3 is 24.2 Å². The Balaban J connectivity index is 1.97. The number of methoxy groups -OCH3 is 3. The predicted octanol–water partition coefficient (Wildman–Crippen LogP) is 3.34. The number of halogens is 2. The van der Waals surface area contributed by atoms with E-state index in [1.165, 1.54) is 38.5 Å². The zero-order valence-electron chi connectivity index (χ0n) is 16.6. The van der Waals surface area contributed by atoms with Gasteiger partial charge in [-0.2, -0.15) is 4.73 Å². The fraction of sp³-hybridized carbons (Fsp3) is 0.200. The molecule has 0 saturated carbocycles. The number of benzene rings is 2. The Morgan fingerprint density at radius 3 is 2.32 bits per heavy atom. The van der Waals surface area contributed by atoms with Crippen LogP contribution in [0.5, 0.6) is 11.5 Å². The van der Waals surface area contributed by atoms with Crippen LogP contribution >= 0.6 is 23.2 Å². The minimum absolute atomic E-state index is 0.00441. The highest BCUT2D eigenvalue weighted by Crippen LogP contribution is 2.28. The van der Waals surface area contributed by atoms with Gasteiger partial charge in [-0.15, -0.1) is 0 Å². The van der Waals surface area contributed by atoms with Crippen LogP contribution in [0.1, 0.15) is 26.5 Å². The molecule has 3 aromatic rings. The van der Waals surface area contributed by atoms with Crippen molar-refractivity contribution in [1.29, 1.82) is 0 Å². The molecule has 0 bridgehead atoms. The number of rotatable bonds is 6. The zero-order chi connectivity index (χ0) is 22.7. The van der Waals surface area contributed by atoms with Gasteiger partial charge >= 0.3 is 17.6 Å². The molecule has 1 aromatic heterocycles. The van der Waals surface area contributed by atoms with E-state index < -0.39 is 24.2 Å². The van der Waals surface area contributed by atoms with Gasteiger partial charge in [-0.3, -0.25) is 0 Å². The topological polar surface area (TPSA) is 111 Å². The van der Waals surface area contributed by atoms with Crippen molar-refractivity contribution in [3.05, 3.63) is 62.5 Å². The SMILES string of the molecule is COC(=O)c1c(COC(=O)c2ccc(OC)c(OC)c2)nc2cc(Cl)c(Cl)cc2[n+]1[O-]. The van der Waals surface area contributed by atoms with E-state index in [1.54, 1.807) is 6.07 Å². The van der Waals surface area contributed by atoms with Gasteiger partial charge in [-0.1, -0.05) is 23.2 Å². The Hall–Kier alpha value is -3.30. The van der Waals surface area contributed by atoms with Gasteiger partial charge in [-0.05, 0) is 24.3 Å². The first-order valence-corrected chi connectivity index (χ1v) is 9.45. The molecule has 1 heterocycles. The Bertz CT molecular complexity index is 1180. The molecule has 11 heteroatoms. The van der Waals surface area contributed by atoms with E-state index in [0.29, 0.717) is 16.2 Å². The second kappa shape index (κ2) is 9.23. The molecule has 0 fully saturated rings.